The van der Waals surface area contributed by atoms with Gasteiger partial charge in [-0.2, -0.15) is 4.98 Å². The molecule has 14 nitrogen and oxygen atoms in total. The summed E-state index contributed by atoms with van der Waals surface area (Å²) in [6, 6.07) is 12.4. The van der Waals surface area contributed by atoms with Crippen molar-refractivity contribution in [3.05, 3.63) is 80.0 Å². The monoisotopic (exact) mass is 634 g/mol. The largest absolute Gasteiger partial charge is 0.462 e. The molecule has 0 N–H and O–H groups in total. The molecule has 0 amide bonds. The number of aryl methyl sites for hydroxylation is 2. The molecule has 0 aromatic heterocycles. The van der Waals surface area contributed by atoms with Gasteiger partial charge in [-0.05, 0) is 42.7 Å². The lowest BCUT2D eigenvalue weighted by atomic mass is 10.1. The minimum atomic E-state index is -1.49. The highest BCUT2D eigenvalue weighted by Crippen LogP contribution is 2.26. The van der Waals surface area contributed by atoms with Crippen molar-refractivity contribution >= 4 is 34.9 Å². The van der Waals surface area contributed by atoms with Gasteiger partial charge in [0.15, 0.2) is 29.8 Å². The summed E-state index contributed by atoms with van der Waals surface area (Å²) in [6.45, 7) is 7.29. The van der Waals surface area contributed by atoms with Gasteiger partial charge in [0.25, 0.3) is 5.56 Å². The first-order chi connectivity index (χ1) is 21.7. The Kier molecular flexibility index (Phi) is 10.3. The smallest absolute Gasteiger partial charge is 0.352 e. The maximum atomic E-state index is 13.8. The molecule has 4 rings (SSSR count). The molecule has 0 spiro atoms. The minimum absolute atomic E-state index is 0.0428. The van der Waals surface area contributed by atoms with Crippen LogP contribution in [0.3, 0.4) is 0 Å². The third kappa shape index (κ3) is 7.81. The van der Waals surface area contributed by atoms with Crippen molar-refractivity contribution in [3.8, 4) is 11.5 Å². The maximum absolute atomic E-state index is 13.8. The van der Waals surface area contributed by atoms with Crippen LogP contribution in [0.5, 0.6) is 0 Å². The molecule has 242 valence electrons. The van der Waals surface area contributed by atoms with Crippen molar-refractivity contribution in [2.24, 2.45) is 0 Å². The van der Waals surface area contributed by atoms with Crippen molar-refractivity contribution < 1.29 is 38.1 Å². The van der Waals surface area contributed by atoms with E-state index in [-0.39, 0.29) is 24.6 Å². The fraction of sp³-hybridized carbons (Fsp3) is 0.375. The average molecular weight is 635 g/mol. The van der Waals surface area contributed by atoms with E-state index in [9.17, 15) is 28.8 Å². The molecule has 46 heavy (non-hydrogen) atoms. The second-order valence-corrected chi connectivity index (χ2v) is 10.8. The van der Waals surface area contributed by atoms with E-state index < -0.39 is 60.0 Å². The first kappa shape index (κ1) is 33.5. The van der Waals surface area contributed by atoms with Gasteiger partial charge < -0.3 is 23.5 Å². The van der Waals surface area contributed by atoms with Gasteiger partial charge in [0.1, 0.15) is 6.61 Å². The molecule has 2 aliphatic rings. The SMILES string of the molecule is CC(=O)OCC(OC(C)=O)C(OC(C)=O)C(Cn1c2nc(=O)n(Cc3ccccc3)c(=O)c-2nc2cc(C)c(C)cc21)OC(C)=O. The second-order valence-electron chi connectivity index (χ2n) is 10.8. The maximum Gasteiger partial charge on any atom is 0.352 e. The lowest BCUT2D eigenvalue weighted by Gasteiger charge is -2.32. The third-order valence-electron chi connectivity index (χ3n) is 7.13. The second kappa shape index (κ2) is 14.1. The van der Waals surface area contributed by atoms with Gasteiger partial charge in [-0.15, -0.1) is 0 Å². The Hall–Kier alpha value is -5.40. The molecule has 2 aliphatic heterocycles. The Morgan fingerprint density at radius 2 is 1.37 bits per heavy atom. The molecule has 14 heteroatoms. The Bertz CT molecular complexity index is 1880. The van der Waals surface area contributed by atoms with Crippen LogP contribution in [0.2, 0.25) is 0 Å². The molecular weight excluding hydrogens is 600 g/mol. The summed E-state index contributed by atoms with van der Waals surface area (Å²) in [6.07, 6.45) is -4.29. The molecule has 0 saturated carbocycles. The van der Waals surface area contributed by atoms with E-state index in [2.05, 4.69) is 9.97 Å². The highest BCUT2D eigenvalue weighted by Gasteiger charge is 2.39. The summed E-state index contributed by atoms with van der Waals surface area (Å²) in [7, 11) is 0. The molecule has 2 aromatic rings. The molecule has 3 atom stereocenters. The molecule has 0 bridgehead atoms. The van der Waals surface area contributed by atoms with Crippen molar-refractivity contribution in [1.82, 2.24) is 19.1 Å². The number of hydrogen-bond donors (Lipinski definition) is 0. The quantitative estimate of drug-likeness (QED) is 0.134. The first-order valence-corrected chi connectivity index (χ1v) is 14.4. The van der Waals surface area contributed by atoms with Crippen LogP contribution < -0.4 is 11.2 Å². The summed E-state index contributed by atoms with van der Waals surface area (Å²) >= 11 is 0. The van der Waals surface area contributed by atoms with Crippen molar-refractivity contribution in [2.75, 3.05) is 6.61 Å². The van der Waals surface area contributed by atoms with E-state index in [0.717, 1.165) is 43.4 Å². The van der Waals surface area contributed by atoms with Gasteiger partial charge in [-0.3, -0.25) is 28.5 Å². The standard InChI is InChI=1S/C32H34N4O10/c1-17-12-24-25(13-18(17)2)35(30-28(33-24)31(41)36(32(42)34-30)14-23-10-8-7-9-11-23)15-26(44-20(4)38)29(46-22(6)40)27(45-21(5)39)16-43-19(3)37/h7-13,26-27,29H,14-16H2,1-6H3. The van der Waals surface area contributed by atoms with Crippen molar-refractivity contribution in [3.63, 3.8) is 0 Å². The average Bonchev–Trinajstić information content (AvgIpc) is 2.97. The number of nitrogens with zero attached hydrogens (tertiary/aromatic N) is 4. The minimum Gasteiger partial charge on any atom is -0.462 e. The summed E-state index contributed by atoms with van der Waals surface area (Å²) in [4.78, 5) is 84.4. The van der Waals surface area contributed by atoms with E-state index in [1.165, 1.54) is 4.57 Å². The third-order valence-corrected chi connectivity index (χ3v) is 7.13. The Morgan fingerprint density at radius 1 is 0.761 bits per heavy atom. The van der Waals surface area contributed by atoms with Gasteiger partial charge in [0.05, 0.1) is 24.1 Å². The molecule has 0 radical (unpaired) electrons. The Morgan fingerprint density at radius 3 is 1.98 bits per heavy atom. The molecule has 0 fully saturated rings. The zero-order chi connectivity index (χ0) is 33.7. The Labute approximate surface area is 263 Å². The molecule has 2 heterocycles. The fourth-order valence-corrected chi connectivity index (χ4v) is 5.01. The number of rotatable bonds is 11. The Balaban J connectivity index is 1.96. The van der Waals surface area contributed by atoms with E-state index >= 15 is 0 Å². The summed E-state index contributed by atoms with van der Waals surface area (Å²) in [5.74, 6) is -3.20. The topological polar surface area (TPSA) is 175 Å². The number of carbonyl (C=O) groups is 4. The molecule has 2 aromatic carbocycles. The summed E-state index contributed by atoms with van der Waals surface area (Å²) in [5.41, 5.74) is 1.55. The highest BCUT2D eigenvalue weighted by atomic mass is 16.6. The predicted molar refractivity (Wildman–Crippen MR) is 163 cm³/mol. The number of ether oxygens (including phenoxy) is 4. The van der Waals surface area contributed by atoms with Crippen LogP contribution in [0.25, 0.3) is 22.6 Å². The first-order valence-electron chi connectivity index (χ1n) is 14.4. The van der Waals surface area contributed by atoms with Gasteiger partial charge in [-0.1, -0.05) is 30.3 Å². The van der Waals surface area contributed by atoms with Gasteiger partial charge in [-0.25, -0.2) is 9.78 Å². The lowest BCUT2D eigenvalue weighted by molar-refractivity contribution is -0.190. The number of fused-ring (bicyclic) bond motifs is 2. The molecule has 0 saturated heterocycles. The van der Waals surface area contributed by atoms with E-state index in [0.29, 0.717) is 16.6 Å². The van der Waals surface area contributed by atoms with Crippen molar-refractivity contribution in [1.29, 1.82) is 0 Å². The molecule has 3 unspecified atom stereocenters. The zero-order valence-electron chi connectivity index (χ0n) is 26.3. The van der Waals surface area contributed by atoms with Crippen LogP contribution in [0.4, 0.5) is 0 Å². The van der Waals surface area contributed by atoms with E-state index in [4.69, 9.17) is 18.9 Å². The number of aromatic nitrogens is 4. The highest BCUT2D eigenvalue weighted by molar-refractivity contribution is 5.81. The van der Waals surface area contributed by atoms with Gasteiger partial charge in [0.2, 0.25) is 0 Å². The van der Waals surface area contributed by atoms with Gasteiger partial charge in [0, 0.05) is 27.7 Å². The number of benzene rings is 2. The molecular formula is C32H34N4O10. The van der Waals surface area contributed by atoms with Crippen molar-refractivity contribution in [2.45, 2.75) is 72.9 Å². The van der Waals surface area contributed by atoms with Crippen LogP contribution in [0.15, 0.2) is 52.1 Å². The number of carbonyl (C=O) groups excluding carboxylic acids is 4. The number of esters is 4. The van der Waals surface area contributed by atoms with Gasteiger partial charge >= 0.3 is 29.6 Å². The van der Waals surface area contributed by atoms with Crippen LogP contribution >= 0.6 is 0 Å². The van der Waals surface area contributed by atoms with E-state index in [1.807, 2.05) is 19.9 Å². The van der Waals surface area contributed by atoms with Crippen LogP contribution in [-0.4, -0.2) is 67.9 Å². The fourth-order valence-electron chi connectivity index (χ4n) is 5.01. The zero-order valence-corrected chi connectivity index (χ0v) is 26.3. The van der Waals surface area contributed by atoms with Crippen LogP contribution in [0, 0.1) is 13.8 Å². The van der Waals surface area contributed by atoms with E-state index in [1.54, 1.807) is 36.4 Å². The summed E-state index contributed by atoms with van der Waals surface area (Å²) < 4.78 is 24.0. The van der Waals surface area contributed by atoms with Crippen LogP contribution in [-0.2, 0) is 51.2 Å². The summed E-state index contributed by atoms with van der Waals surface area (Å²) in [5, 5.41) is 0. The lowest BCUT2D eigenvalue weighted by Crippen LogP contribution is -2.49. The normalized spacial score (nSPS) is 13.1. The molecule has 0 aliphatic carbocycles. The predicted octanol–water partition coefficient (Wildman–Crippen LogP) is 2.08. The van der Waals surface area contributed by atoms with Crippen LogP contribution in [0.1, 0.15) is 44.4 Å². The number of hydrogen-bond acceptors (Lipinski definition) is 12.